The zero-order valence-electron chi connectivity index (χ0n) is 10.9. The fraction of sp³-hybridized carbons (Fsp3) is 0.909. The standard InChI is InChI=1S/C11H22F3N3O/c1-9(2)17(6-4-10(15)16)5-3-7-18-8-11(12,13)14/h9H,3-8H2,1-2H3,(H3,15,16). The van der Waals surface area contributed by atoms with Crippen molar-refractivity contribution in [2.75, 3.05) is 26.3 Å². The Kier molecular flexibility index (Phi) is 7.93. The van der Waals surface area contributed by atoms with Crippen molar-refractivity contribution in [1.29, 1.82) is 5.41 Å². The second kappa shape index (κ2) is 8.31. The number of nitrogens with zero attached hydrogens (tertiary/aromatic N) is 1. The van der Waals surface area contributed by atoms with Gasteiger partial charge in [-0.05, 0) is 20.3 Å². The Morgan fingerprint density at radius 1 is 1.33 bits per heavy atom. The van der Waals surface area contributed by atoms with E-state index in [2.05, 4.69) is 9.64 Å². The lowest BCUT2D eigenvalue weighted by molar-refractivity contribution is -0.174. The molecule has 0 unspecified atom stereocenters. The highest BCUT2D eigenvalue weighted by Crippen LogP contribution is 2.14. The number of rotatable bonds is 9. The highest BCUT2D eigenvalue weighted by Gasteiger charge is 2.27. The molecule has 0 aliphatic heterocycles. The van der Waals surface area contributed by atoms with Crippen molar-refractivity contribution in [2.45, 2.75) is 38.9 Å². The molecule has 0 fully saturated rings. The lowest BCUT2D eigenvalue weighted by Gasteiger charge is -2.26. The molecule has 0 heterocycles. The lowest BCUT2D eigenvalue weighted by Crippen LogP contribution is -2.35. The molecule has 0 spiro atoms. The topological polar surface area (TPSA) is 62.3 Å². The maximum Gasteiger partial charge on any atom is 0.411 e. The second-order valence-electron chi connectivity index (χ2n) is 4.43. The van der Waals surface area contributed by atoms with Gasteiger partial charge in [0, 0.05) is 32.2 Å². The Bertz CT molecular complexity index is 244. The fourth-order valence-electron chi connectivity index (χ4n) is 1.45. The SMILES string of the molecule is CC(C)N(CCCOCC(F)(F)F)CCC(=N)N. The molecule has 0 rings (SSSR count). The number of nitrogens with one attached hydrogen (secondary N) is 1. The van der Waals surface area contributed by atoms with Gasteiger partial charge in [-0.1, -0.05) is 0 Å². The Labute approximate surface area is 106 Å². The van der Waals surface area contributed by atoms with Gasteiger partial charge in [-0.2, -0.15) is 13.2 Å². The monoisotopic (exact) mass is 269 g/mol. The lowest BCUT2D eigenvalue weighted by atomic mass is 10.2. The van der Waals surface area contributed by atoms with E-state index >= 15 is 0 Å². The summed E-state index contributed by atoms with van der Waals surface area (Å²) in [5.74, 6) is 0.119. The van der Waals surface area contributed by atoms with Crippen LogP contribution in [0.1, 0.15) is 26.7 Å². The van der Waals surface area contributed by atoms with E-state index in [9.17, 15) is 13.2 Å². The summed E-state index contributed by atoms with van der Waals surface area (Å²) in [4.78, 5) is 2.07. The van der Waals surface area contributed by atoms with E-state index in [-0.39, 0.29) is 18.5 Å². The van der Waals surface area contributed by atoms with Gasteiger partial charge in [0.2, 0.25) is 0 Å². The Balaban J connectivity index is 3.74. The number of nitrogens with two attached hydrogens (primary N) is 1. The van der Waals surface area contributed by atoms with Crippen LogP contribution in [0, 0.1) is 5.41 Å². The van der Waals surface area contributed by atoms with E-state index in [1.165, 1.54) is 0 Å². The van der Waals surface area contributed by atoms with E-state index in [0.717, 1.165) is 0 Å². The van der Waals surface area contributed by atoms with E-state index in [1.54, 1.807) is 0 Å². The first-order chi connectivity index (χ1) is 8.22. The third-order valence-electron chi connectivity index (χ3n) is 2.40. The average molecular weight is 269 g/mol. The van der Waals surface area contributed by atoms with Gasteiger partial charge < -0.3 is 15.4 Å². The normalized spacial score (nSPS) is 12.4. The zero-order valence-corrected chi connectivity index (χ0v) is 10.9. The molecule has 0 aromatic heterocycles. The zero-order chi connectivity index (χ0) is 14.2. The van der Waals surface area contributed by atoms with Crippen molar-refractivity contribution >= 4 is 5.84 Å². The molecular weight excluding hydrogens is 247 g/mol. The first-order valence-electron chi connectivity index (χ1n) is 5.94. The van der Waals surface area contributed by atoms with E-state index in [4.69, 9.17) is 11.1 Å². The highest BCUT2D eigenvalue weighted by molar-refractivity contribution is 5.76. The molecule has 0 atom stereocenters. The molecule has 4 nitrogen and oxygen atoms in total. The largest absolute Gasteiger partial charge is 0.411 e. The van der Waals surface area contributed by atoms with E-state index in [0.29, 0.717) is 25.9 Å². The summed E-state index contributed by atoms with van der Waals surface area (Å²) in [6.45, 7) is 4.17. The molecule has 0 amide bonds. The van der Waals surface area contributed by atoms with Crippen molar-refractivity contribution < 1.29 is 17.9 Å². The molecular formula is C11H22F3N3O. The van der Waals surface area contributed by atoms with Crippen LogP contribution in [-0.2, 0) is 4.74 Å². The van der Waals surface area contributed by atoms with Gasteiger partial charge in [-0.15, -0.1) is 0 Å². The van der Waals surface area contributed by atoms with Crippen LogP contribution in [0.15, 0.2) is 0 Å². The van der Waals surface area contributed by atoms with Crippen molar-refractivity contribution in [1.82, 2.24) is 4.90 Å². The van der Waals surface area contributed by atoms with Crippen LogP contribution < -0.4 is 5.73 Å². The molecule has 0 saturated heterocycles. The van der Waals surface area contributed by atoms with Gasteiger partial charge >= 0.3 is 6.18 Å². The van der Waals surface area contributed by atoms with E-state index < -0.39 is 12.8 Å². The third-order valence-corrected chi connectivity index (χ3v) is 2.40. The minimum Gasteiger partial charge on any atom is -0.388 e. The smallest absolute Gasteiger partial charge is 0.388 e. The summed E-state index contributed by atoms with van der Waals surface area (Å²) in [6.07, 6.45) is -3.25. The quantitative estimate of drug-likeness (QED) is 0.382. The molecule has 0 aliphatic carbocycles. The van der Waals surface area contributed by atoms with Crippen LogP contribution in [0.5, 0.6) is 0 Å². The van der Waals surface area contributed by atoms with Gasteiger partial charge in [-0.3, -0.25) is 5.41 Å². The molecule has 7 heteroatoms. The molecule has 0 aromatic carbocycles. The summed E-state index contributed by atoms with van der Waals surface area (Å²) >= 11 is 0. The summed E-state index contributed by atoms with van der Waals surface area (Å²) < 4.78 is 40.0. The second-order valence-corrected chi connectivity index (χ2v) is 4.43. The van der Waals surface area contributed by atoms with Gasteiger partial charge in [0.25, 0.3) is 0 Å². The van der Waals surface area contributed by atoms with Crippen LogP contribution in [0.2, 0.25) is 0 Å². The van der Waals surface area contributed by atoms with Gasteiger partial charge in [0.05, 0.1) is 5.84 Å². The minimum atomic E-state index is -4.26. The Hall–Kier alpha value is -0.820. The van der Waals surface area contributed by atoms with Gasteiger partial charge in [0.1, 0.15) is 6.61 Å². The van der Waals surface area contributed by atoms with Crippen molar-refractivity contribution in [3.63, 3.8) is 0 Å². The van der Waals surface area contributed by atoms with Crippen LogP contribution in [0.25, 0.3) is 0 Å². The number of amidine groups is 1. The number of alkyl halides is 3. The fourth-order valence-corrected chi connectivity index (χ4v) is 1.45. The maximum absolute atomic E-state index is 11.8. The van der Waals surface area contributed by atoms with Crippen molar-refractivity contribution in [3.05, 3.63) is 0 Å². The molecule has 108 valence electrons. The Morgan fingerprint density at radius 3 is 2.39 bits per heavy atom. The number of halogens is 3. The summed E-state index contributed by atoms with van der Waals surface area (Å²) in [5, 5.41) is 7.14. The van der Waals surface area contributed by atoms with Gasteiger partial charge in [0.15, 0.2) is 0 Å². The summed E-state index contributed by atoms with van der Waals surface area (Å²) in [7, 11) is 0. The first kappa shape index (κ1) is 17.2. The highest BCUT2D eigenvalue weighted by atomic mass is 19.4. The molecule has 0 aliphatic rings. The first-order valence-corrected chi connectivity index (χ1v) is 5.94. The molecule has 18 heavy (non-hydrogen) atoms. The predicted octanol–water partition coefficient (Wildman–Crippen LogP) is 1.99. The predicted molar refractivity (Wildman–Crippen MR) is 64.7 cm³/mol. The number of hydrogen-bond acceptors (Lipinski definition) is 3. The molecule has 3 N–H and O–H groups in total. The van der Waals surface area contributed by atoms with Crippen molar-refractivity contribution in [2.24, 2.45) is 5.73 Å². The molecule has 0 bridgehead atoms. The van der Waals surface area contributed by atoms with Crippen LogP contribution in [0.3, 0.4) is 0 Å². The number of hydrogen-bond donors (Lipinski definition) is 2. The summed E-state index contributed by atoms with van der Waals surface area (Å²) in [5.41, 5.74) is 5.27. The summed E-state index contributed by atoms with van der Waals surface area (Å²) in [6, 6.07) is 0.270. The minimum absolute atomic E-state index is 0.0861. The molecule has 0 radical (unpaired) electrons. The molecule has 0 saturated carbocycles. The van der Waals surface area contributed by atoms with Crippen LogP contribution >= 0.6 is 0 Å². The van der Waals surface area contributed by atoms with Gasteiger partial charge in [-0.25, -0.2) is 0 Å². The molecule has 0 aromatic rings. The van der Waals surface area contributed by atoms with Crippen LogP contribution in [-0.4, -0.2) is 49.3 Å². The third kappa shape index (κ3) is 10.3. The van der Waals surface area contributed by atoms with Crippen molar-refractivity contribution in [3.8, 4) is 0 Å². The number of ether oxygens (including phenoxy) is 1. The Morgan fingerprint density at radius 2 is 1.94 bits per heavy atom. The van der Waals surface area contributed by atoms with Crippen LogP contribution in [0.4, 0.5) is 13.2 Å². The van der Waals surface area contributed by atoms with E-state index in [1.807, 2.05) is 13.8 Å². The average Bonchev–Trinajstić information content (AvgIpc) is 2.19. The maximum atomic E-state index is 11.8.